The van der Waals surface area contributed by atoms with Crippen molar-refractivity contribution in [1.29, 1.82) is 0 Å². The molecular weight excluding hydrogens is 294 g/mol. The van der Waals surface area contributed by atoms with Crippen LogP contribution in [0.4, 0.5) is 0 Å². The lowest BCUT2D eigenvalue weighted by Crippen LogP contribution is -2.07. The first-order valence-electron chi connectivity index (χ1n) is 7.85. The van der Waals surface area contributed by atoms with E-state index >= 15 is 0 Å². The summed E-state index contributed by atoms with van der Waals surface area (Å²) in [6.45, 7) is 0. The van der Waals surface area contributed by atoms with Gasteiger partial charge in [-0.2, -0.15) is 0 Å². The van der Waals surface area contributed by atoms with Crippen LogP contribution in [-0.2, 0) is 6.42 Å². The number of nitrogens with zero attached hydrogens (tertiary/aromatic N) is 1. The Morgan fingerprint density at radius 3 is 2.33 bits per heavy atom. The van der Waals surface area contributed by atoms with Crippen molar-refractivity contribution < 1.29 is 4.74 Å². The molecule has 1 aliphatic rings. The quantitative estimate of drug-likeness (QED) is 0.372. The van der Waals surface area contributed by atoms with Gasteiger partial charge in [0.2, 0.25) is 0 Å². The average molecular weight is 313 g/mol. The Bertz CT molecular complexity index is 1010. The molecule has 4 aromatic rings. The highest BCUT2D eigenvalue weighted by Crippen LogP contribution is 2.44. The number of benzene rings is 3. The Balaban J connectivity index is 0.00000146. The van der Waals surface area contributed by atoms with E-state index in [1.165, 1.54) is 27.8 Å². The molecule has 0 spiro atoms. The highest BCUT2D eigenvalue weighted by Gasteiger charge is 2.25. The first kappa shape index (κ1) is 14.6. The van der Waals surface area contributed by atoms with Crippen LogP contribution in [0.5, 0.6) is 11.5 Å². The minimum absolute atomic E-state index is 0. The fourth-order valence-corrected chi connectivity index (χ4v) is 3.45. The summed E-state index contributed by atoms with van der Waals surface area (Å²) in [5, 5.41) is 1.17. The van der Waals surface area contributed by atoms with Crippen LogP contribution in [0.2, 0.25) is 0 Å². The van der Waals surface area contributed by atoms with Crippen molar-refractivity contribution >= 4 is 10.9 Å². The first-order chi connectivity index (χ1) is 11.4. The Labute approximate surface area is 141 Å². The fraction of sp³-hybridized carbons (Fsp3) is 0.0909. The van der Waals surface area contributed by atoms with Crippen LogP contribution in [0.25, 0.3) is 16.6 Å². The van der Waals surface area contributed by atoms with Gasteiger partial charge < -0.3 is 9.30 Å². The maximum absolute atomic E-state index is 6.27. The normalized spacial score (nSPS) is 12.0. The Morgan fingerprint density at radius 2 is 1.46 bits per heavy atom. The van der Waals surface area contributed by atoms with Gasteiger partial charge in [0.15, 0.2) is 5.75 Å². The second-order valence-corrected chi connectivity index (χ2v) is 5.85. The predicted molar refractivity (Wildman–Crippen MR) is 99.3 cm³/mol. The van der Waals surface area contributed by atoms with E-state index in [4.69, 9.17) is 4.74 Å². The molecule has 0 bridgehead atoms. The first-order valence-corrected chi connectivity index (χ1v) is 7.85. The van der Waals surface area contributed by atoms with Crippen LogP contribution < -0.4 is 4.74 Å². The van der Waals surface area contributed by atoms with Gasteiger partial charge >= 0.3 is 0 Å². The van der Waals surface area contributed by atoms with Crippen molar-refractivity contribution in [2.24, 2.45) is 0 Å². The molecule has 1 aromatic heterocycles. The van der Waals surface area contributed by atoms with Gasteiger partial charge in [-0.15, -0.1) is 0 Å². The molecule has 0 saturated carbocycles. The van der Waals surface area contributed by atoms with Crippen molar-refractivity contribution in [2.75, 3.05) is 0 Å². The summed E-state index contributed by atoms with van der Waals surface area (Å²) < 4.78 is 8.59. The monoisotopic (exact) mass is 313 g/mol. The molecule has 0 N–H and O–H groups in total. The Morgan fingerprint density at radius 1 is 0.750 bits per heavy atom. The third-order valence-electron chi connectivity index (χ3n) is 4.48. The standard InChI is InChI=1S/C21H15NO.CH4/c1-2-9-16(10-3-1)22-18-12-6-5-11-17(18)21-19(22)14-15-8-4-7-13-20(15)23-21;/h1-13H,14H2;1H4. The van der Waals surface area contributed by atoms with Crippen molar-refractivity contribution in [1.82, 2.24) is 4.57 Å². The second kappa shape index (κ2) is 5.57. The number of para-hydroxylation sites is 3. The maximum atomic E-state index is 6.27. The van der Waals surface area contributed by atoms with Gasteiger partial charge in [0, 0.05) is 23.1 Å². The van der Waals surface area contributed by atoms with E-state index in [9.17, 15) is 0 Å². The number of ether oxygens (including phenoxy) is 1. The summed E-state index contributed by atoms with van der Waals surface area (Å²) in [7, 11) is 0. The summed E-state index contributed by atoms with van der Waals surface area (Å²) in [6.07, 6.45) is 0.884. The smallest absolute Gasteiger partial charge is 0.156 e. The number of rotatable bonds is 1. The molecule has 0 fully saturated rings. The Hall–Kier alpha value is -3.00. The molecule has 2 nitrogen and oxygen atoms in total. The van der Waals surface area contributed by atoms with Gasteiger partial charge in [0.25, 0.3) is 0 Å². The second-order valence-electron chi connectivity index (χ2n) is 5.85. The largest absolute Gasteiger partial charge is 0.454 e. The third-order valence-corrected chi connectivity index (χ3v) is 4.48. The number of hydrogen-bond donors (Lipinski definition) is 0. The molecule has 5 rings (SSSR count). The molecule has 24 heavy (non-hydrogen) atoms. The molecule has 0 amide bonds. The summed E-state index contributed by atoms with van der Waals surface area (Å²) in [6, 6.07) is 27.2. The van der Waals surface area contributed by atoms with Crippen LogP contribution in [0, 0.1) is 0 Å². The highest BCUT2D eigenvalue weighted by atomic mass is 16.5. The van der Waals surface area contributed by atoms with Crippen LogP contribution in [0.1, 0.15) is 18.7 Å². The predicted octanol–water partition coefficient (Wildman–Crippen LogP) is 5.96. The lowest BCUT2D eigenvalue weighted by Gasteiger charge is -2.19. The average Bonchev–Trinajstić information content (AvgIpc) is 2.94. The van der Waals surface area contributed by atoms with Crippen molar-refractivity contribution in [2.45, 2.75) is 13.8 Å². The lowest BCUT2D eigenvalue weighted by atomic mass is 10.0. The molecule has 118 valence electrons. The van der Waals surface area contributed by atoms with Crippen LogP contribution >= 0.6 is 0 Å². The zero-order valence-electron chi connectivity index (χ0n) is 12.6. The topological polar surface area (TPSA) is 14.2 Å². The van der Waals surface area contributed by atoms with E-state index in [0.717, 1.165) is 17.9 Å². The van der Waals surface area contributed by atoms with Crippen LogP contribution in [0.3, 0.4) is 0 Å². The number of fused-ring (bicyclic) bond motifs is 4. The number of hydrogen-bond acceptors (Lipinski definition) is 1. The summed E-state index contributed by atoms with van der Waals surface area (Å²) in [5.41, 5.74) is 4.82. The van der Waals surface area contributed by atoms with E-state index in [1.807, 2.05) is 18.2 Å². The molecule has 2 heterocycles. The van der Waals surface area contributed by atoms with Crippen molar-refractivity contribution in [3.05, 3.63) is 90.1 Å². The molecule has 0 saturated heterocycles. The van der Waals surface area contributed by atoms with Gasteiger partial charge in [0.1, 0.15) is 5.75 Å². The van der Waals surface area contributed by atoms with Gasteiger partial charge in [0.05, 0.1) is 11.2 Å². The maximum Gasteiger partial charge on any atom is 0.156 e. The lowest BCUT2D eigenvalue weighted by molar-refractivity contribution is 0.462. The van der Waals surface area contributed by atoms with E-state index < -0.39 is 0 Å². The molecule has 0 atom stereocenters. The summed E-state index contributed by atoms with van der Waals surface area (Å²) >= 11 is 0. The highest BCUT2D eigenvalue weighted by molar-refractivity contribution is 5.91. The van der Waals surface area contributed by atoms with Crippen LogP contribution in [0.15, 0.2) is 78.9 Å². The SMILES string of the molecule is C.c1ccc(-n2c3c(c4ccccc42)Oc2ccccc2C3)cc1. The van der Waals surface area contributed by atoms with E-state index in [2.05, 4.69) is 65.2 Å². The zero-order chi connectivity index (χ0) is 15.2. The molecule has 0 aliphatic carbocycles. The molecule has 0 radical (unpaired) electrons. The summed E-state index contributed by atoms with van der Waals surface area (Å²) in [5.74, 6) is 1.96. The third kappa shape index (κ3) is 2.04. The molecule has 1 aliphatic heterocycles. The van der Waals surface area contributed by atoms with Crippen molar-refractivity contribution in [3.63, 3.8) is 0 Å². The van der Waals surface area contributed by atoms with Crippen LogP contribution in [-0.4, -0.2) is 4.57 Å². The molecular formula is C22H19NO. The molecule has 2 heteroatoms. The van der Waals surface area contributed by atoms with E-state index in [-0.39, 0.29) is 7.43 Å². The van der Waals surface area contributed by atoms with E-state index in [0.29, 0.717) is 0 Å². The minimum atomic E-state index is 0. The Kier molecular flexibility index (Phi) is 3.39. The number of aromatic nitrogens is 1. The molecule has 0 unspecified atom stereocenters. The molecule has 3 aromatic carbocycles. The van der Waals surface area contributed by atoms with Gasteiger partial charge in [-0.1, -0.05) is 56.0 Å². The summed E-state index contributed by atoms with van der Waals surface area (Å²) in [4.78, 5) is 0. The van der Waals surface area contributed by atoms with Gasteiger partial charge in [-0.05, 0) is 30.3 Å². The van der Waals surface area contributed by atoms with Crippen molar-refractivity contribution in [3.8, 4) is 17.2 Å². The van der Waals surface area contributed by atoms with Gasteiger partial charge in [-0.25, -0.2) is 0 Å². The fourth-order valence-electron chi connectivity index (χ4n) is 3.45. The minimum Gasteiger partial charge on any atom is -0.454 e. The zero-order valence-corrected chi connectivity index (χ0v) is 12.6. The van der Waals surface area contributed by atoms with E-state index in [1.54, 1.807) is 0 Å². The van der Waals surface area contributed by atoms with Gasteiger partial charge in [-0.3, -0.25) is 0 Å².